The van der Waals surface area contributed by atoms with Gasteiger partial charge in [-0.1, -0.05) is 45.9 Å². The highest BCUT2D eigenvalue weighted by atomic mass is 32.2. The summed E-state index contributed by atoms with van der Waals surface area (Å²) in [5.41, 5.74) is 0. The highest BCUT2D eigenvalue weighted by molar-refractivity contribution is 8.15. The Morgan fingerprint density at radius 2 is 1.28 bits per heavy atom. The molecule has 14 heteroatoms. The third kappa shape index (κ3) is 13.4. The number of esters is 3. The summed E-state index contributed by atoms with van der Waals surface area (Å²) in [6, 6.07) is 6.75. The minimum atomic E-state index is -1.43. The van der Waals surface area contributed by atoms with E-state index in [4.69, 9.17) is 23.7 Å². The van der Waals surface area contributed by atoms with Gasteiger partial charge in [0.05, 0.1) is 16.6 Å². The first-order chi connectivity index (χ1) is 18.2. The number of amides is 1. The number of ether oxygens (including phenoxy) is 5. The summed E-state index contributed by atoms with van der Waals surface area (Å²) in [6.07, 6.45) is 0. The maximum atomic E-state index is 13.0. The Balaban J connectivity index is 2.78. The number of carbonyl (C=O) groups is 6. The van der Waals surface area contributed by atoms with Crippen LogP contribution >= 0.6 is 23.5 Å². The molecule has 0 spiro atoms. The van der Waals surface area contributed by atoms with Crippen LogP contribution in [0.2, 0.25) is 0 Å². The van der Waals surface area contributed by atoms with E-state index < -0.39 is 70.6 Å². The van der Waals surface area contributed by atoms with Gasteiger partial charge in [0.1, 0.15) is 11.8 Å². The van der Waals surface area contributed by atoms with Crippen LogP contribution in [0.3, 0.4) is 0 Å². The van der Waals surface area contributed by atoms with Crippen molar-refractivity contribution < 1.29 is 52.5 Å². The molecule has 1 aromatic carbocycles. The molecule has 0 aliphatic heterocycles. The van der Waals surface area contributed by atoms with Gasteiger partial charge in [-0.2, -0.15) is 0 Å². The zero-order valence-electron chi connectivity index (χ0n) is 22.5. The Morgan fingerprint density at radius 3 is 1.79 bits per heavy atom. The van der Waals surface area contributed by atoms with Crippen molar-refractivity contribution in [1.82, 2.24) is 5.32 Å². The molecule has 1 amide bonds. The summed E-state index contributed by atoms with van der Waals surface area (Å²) in [7, 11) is 0. The molecule has 0 aliphatic rings. The summed E-state index contributed by atoms with van der Waals surface area (Å²) in [5.74, 6) is -3.61. The van der Waals surface area contributed by atoms with E-state index in [1.807, 2.05) is 0 Å². The summed E-state index contributed by atoms with van der Waals surface area (Å²) in [6.45, 7) is 8.08. The van der Waals surface area contributed by atoms with Crippen molar-refractivity contribution in [3.05, 3.63) is 30.3 Å². The van der Waals surface area contributed by atoms with Crippen LogP contribution in [0, 0.1) is 11.8 Å². The lowest BCUT2D eigenvalue weighted by molar-refractivity contribution is -0.156. The molecule has 0 heterocycles. The molecule has 0 saturated heterocycles. The van der Waals surface area contributed by atoms with Crippen molar-refractivity contribution in [2.24, 2.45) is 11.8 Å². The Labute approximate surface area is 235 Å². The second-order valence-electron chi connectivity index (χ2n) is 8.94. The highest BCUT2D eigenvalue weighted by Gasteiger charge is 2.36. The van der Waals surface area contributed by atoms with Crippen molar-refractivity contribution in [3.8, 4) is 5.75 Å². The van der Waals surface area contributed by atoms with Crippen LogP contribution in [0.25, 0.3) is 0 Å². The van der Waals surface area contributed by atoms with E-state index in [1.54, 1.807) is 45.9 Å². The Morgan fingerprint density at radius 1 is 0.769 bits per heavy atom. The van der Waals surface area contributed by atoms with Gasteiger partial charge >= 0.3 is 28.5 Å². The predicted molar refractivity (Wildman–Crippen MR) is 143 cm³/mol. The molecule has 0 saturated carbocycles. The SMILES string of the molecule is CC(C)C(=O)OCOC(=O)SC[C@H](NC(=O)C(C)(C)SC(=O)OCOC(=O)C(C)C)C(=O)Oc1ccccc1. The van der Waals surface area contributed by atoms with E-state index >= 15 is 0 Å². The molecule has 0 aromatic heterocycles. The predicted octanol–water partition coefficient (Wildman–Crippen LogP) is 3.91. The van der Waals surface area contributed by atoms with E-state index in [-0.39, 0.29) is 11.5 Å². The summed E-state index contributed by atoms with van der Waals surface area (Å²) in [4.78, 5) is 73.0. The number of benzene rings is 1. The van der Waals surface area contributed by atoms with Crippen LogP contribution in [0.4, 0.5) is 9.59 Å². The minimum Gasteiger partial charge on any atom is -0.428 e. The first-order valence-electron chi connectivity index (χ1n) is 11.8. The second kappa shape index (κ2) is 16.6. The van der Waals surface area contributed by atoms with Gasteiger partial charge in [-0.05, 0) is 49.5 Å². The third-order valence-corrected chi connectivity index (χ3v) is 6.34. The van der Waals surface area contributed by atoms with Gasteiger partial charge in [0, 0.05) is 5.75 Å². The van der Waals surface area contributed by atoms with Crippen LogP contribution in [0.5, 0.6) is 5.75 Å². The maximum absolute atomic E-state index is 13.0. The summed E-state index contributed by atoms with van der Waals surface area (Å²) < 4.78 is 23.1. The second-order valence-corrected chi connectivity index (χ2v) is 11.5. The van der Waals surface area contributed by atoms with Gasteiger partial charge < -0.3 is 29.0 Å². The lowest BCUT2D eigenvalue weighted by Gasteiger charge is -2.25. The average Bonchev–Trinajstić information content (AvgIpc) is 2.86. The maximum Gasteiger partial charge on any atom is 0.371 e. The van der Waals surface area contributed by atoms with Crippen LogP contribution in [-0.2, 0) is 38.1 Å². The van der Waals surface area contributed by atoms with E-state index in [0.717, 1.165) is 0 Å². The molecule has 0 unspecified atom stereocenters. The summed E-state index contributed by atoms with van der Waals surface area (Å²) >= 11 is 1.06. The van der Waals surface area contributed by atoms with E-state index in [2.05, 4.69) is 5.32 Å². The van der Waals surface area contributed by atoms with Crippen LogP contribution in [0.1, 0.15) is 41.5 Å². The third-order valence-electron chi connectivity index (χ3n) is 4.50. The Bertz CT molecular complexity index is 1010. The lowest BCUT2D eigenvalue weighted by atomic mass is 10.2. The Hall–Kier alpha value is -3.26. The molecule has 0 bridgehead atoms. The van der Waals surface area contributed by atoms with Gasteiger partial charge in [-0.3, -0.25) is 14.4 Å². The van der Waals surface area contributed by atoms with Crippen LogP contribution in [-0.4, -0.2) is 64.5 Å². The van der Waals surface area contributed by atoms with Crippen molar-refractivity contribution >= 4 is 57.9 Å². The fourth-order valence-corrected chi connectivity index (χ4v) is 3.59. The number of hydrogen-bond donors (Lipinski definition) is 1. The molecule has 39 heavy (non-hydrogen) atoms. The number of thioether (sulfide) groups is 2. The molecule has 1 aromatic rings. The van der Waals surface area contributed by atoms with Crippen molar-refractivity contribution in [2.45, 2.75) is 52.3 Å². The molecule has 1 atom stereocenters. The first kappa shape index (κ1) is 33.8. The zero-order valence-corrected chi connectivity index (χ0v) is 24.2. The van der Waals surface area contributed by atoms with E-state index in [1.165, 1.54) is 26.0 Å². The van der Waals surface area contributed by atoms with Crippen molar-refractivity contribution in [2.75, 3.05) is 19.3 Å². The van der Waals surface area contributed by atoms with Gasteiger partial charge in [0.25, 0.3) is 0 Å². The van der Waals surface area contributed by atoms with Crippen molar-refractivity contribution in [3.63, 3.8) is 0 Å². The molecule has 0 fully saturated rings. The largest absolute Gasteiger partial charge is 0.428 e. The number of carbonyl (C=O) groups excluding carboxylic acids is 6. The van der Waals surface area contributed by atoms with Crippen LogP contribution < -0.4 is 10.1 Å². The molecule has 0 radical (unpaired) electrons. The van der Waals surface area contributed by atoms with Crippen LogP contribution in [0.15, 0.2) is 30.3 Å². The van der Waals surface area contributed by atoms with Gasteiger partial charge in [0.15, 0.2) is 0 Å². The van der Waals surface area contributed by atoms with E-state index in [0.29, 0.717) is 23.5 Å². The fourth-order valence-electron chi connectivity index (χ4n) is 2.26. The van der Waals surface area contributed by atoms with E-state index in [9.17, 15) is 28.8 Å². The molecular formula is C25H33NO11S2. The average molecular weight is 588 g/mol. The molecule has 0 aliphatic carbocycles. The monoisotopic (exact) mass is 587 g/mol. The molecule has 216 valence electrons. The fraction of sp³-hybridized carbons (Fsp3) is 0.520. The molecule has 1 N–H and O–H groups in total. The molecule has 12 nitrogen and oxygen atoms in total. The van der Waals surface area contributed by atoms with Gasteiger partial charge in [0.2, 0.25) is 19.5 Å². The topological polar surface area (TPSA) is 161 Å². The Kier molecular flexibility index (Phi) is 14.4. The number of rotatable bonds is 13. The molecular weight excluding hydrogens is 554 g/mol. The number of para-hydroxylation sites is 1. The zero-order chi connectivity index (χ0) is 29.6. The quantitative estimate of drug-likeness (QED) is 0.201. The first-order valence-corrected chi connectivity index (χ1v) is 13.6. The molecule has 1 rings (SSSR count). The van der Waals surface area contributed by atoms with Gasteiger partial charge in [-0.25, -0.2) is 14.4 Å². The summed E-state index contributed by atoms with van der Waals surface area (Å²) in [5, 5.41) is 0.735. The smallest absolute Gasteiger partial charge is 0.371 e. The highest BCUT2D eigenvalue weighted by Crippen LogP contribution is 2.27. The normalized spacial score (nSPS) is 11.8. The van der Waals surface area contributed by atoms with Gasteiger partial charge in [-0.15, -0.1) is 0 Å². The lowest BCUT2D eigenvalue weighted by Crippen LogP contribution is -2.51. The minimum absolute atomic E-state index is 0.211. The standard InChI is InChI=1S/C25H33NO11S2/c1-15(2)19(27)33-13-35-23(31)38-12-18(21(29)37-17-10-8-7-9-11-17)26-22(30)25(5,6)39-24(32)36-14-34-20(28)16(3)4/h7-11,15-16,18H,12-14H2,1-6H3,(H,26,30)/t18-/m0/s1. The number of hydrogen-bond acceptors (Lipinski definition) is 13. The number of nitrogens with one attached hydrogen (secondary N) is 1. The van der Waals surface area contributed by atoms with Crippen molar-refractivity contribution in [1.29, 1.82) is 0 Å².